The van der Waals surface area contributed by atoms with Crippen LogP contribution < -0.4 is 5.32 Å². The van der Waals surface area contributed by atoms with E-state index in [9.17, 15) is 9.59 Å². The first-order chi connectivity index (χ1) is 9.01. The number of carbonyl (C=O) groups is 2. The van der Waals surface area contributed by atoms with Gasteiger partial charge in [-0.3, -0.25) is 4.79 Å². The van der Waals surface area contributed by atoms with Crippen LogP contribution in [0.4, 0.5) is 0 Å². The Bertz CT molecular complexity index is 480. The molecule has 19 heavy (non-hydrogen) atoms. The minimum atomic E-state index is -1.03. The molecule has 1 fully saturated rings. The van der Waals surface area contributed by atoms with Gasteiger partial charge >= 0.3 is 5.97 Å². The van der Waals surface area contributed by atoms with Crippen LogP contribution in [0.5, 0.6) is 0 Å². The summed E-state index contributed by atoms with van der Waals surface area (Å²) in [5, 5.41) is 13.8. The van der Waals surface area contributed by atoms with E-state index in [1.54, 1.807) is 6.92 Å². The predicted molar refractivity (Wildman–Crippen MR) is 69.4 cm³/mol. The summed E-state index contributed by atoms with van der Waals surface area (Å²) < 4.78 is 5.44. The Morgan fingerprint density at radius 1 is 1.63 bits per heavy atom. The molecule has 1 atom stereocenters. The van der Waals surface area contributed by atoms with Crippen molar-refractivity contribution in [2.24, 2.45) is 0 Å². The lowest BCUT2D eigenvalue weighted by Crippen LogP contribution is -2.44. The fourth-order valence-electron chi connectivity index (χ4n) is 1.95. The highest BCUT2D eigenvalue weighted by Gasteiger charge is 2.37. The maximum absolute atomic E-state index is 11.9. The molecule has 2 rings (SSSR count). The number of hydrogen-bond acceptors (Lipinski definition) is 5. The summed E-state index contributed by atoms with van der Waals surface area (Å²) in [4.78, 5) is 26.6. The Hall–Kier alpha value is -1.47. The first-order valence-corrected chi connectivity index (χ1v) is 6.99. The maximum atomic E-state index is 11.9. The molecule has 0 saturated carbocycles. The van der Waals surface area contributed by atoms with Gasteiger partial charge in [0, 0.05) is 25.0 Å². The van der Waals surface area contributed by atoms with Crippen LogP contribution in [0.1, 0.15) is 35.3 Å². The molecule has 0 spiro atoms. The molecule has 0 aliphatic carbocycles. The summed E-state index contributed by atoms with van der Waals surface area (Å²) in [7, 11) is 0. The number of hydrogen-bond donors (Lipinski definition) is 2. The van der Waals surface area contributed by atoms with Crippen LogP contribution in [0.25, 0.3) is 0 Å². The second kappa shape index (κ2) is 5.66. The molecular weight excluding hydrogens is 268 g/mol. The molecule has 0 radical (unpaired) electrons. The molecule has 0 bridgehead atoms. The first-order valence-electron chi connectivity index (χ1n) is 6.11. The van der Waals surface area contributed by atoms with Gasteiger partial charge in [-0.25, -0.2) is 9.78 Å². The number of carboxylic acid groups (broad SMARTS) is 1. The molecule has 2 N–H and O–H groups in total. The van der Waals surface area contributed by atoms with Gasteiger partial charge in [0.1, 0.15) is 5.60 Å². The highest BCUT2D eigenvalue weighted by atomic mass is 32.1. The van der Waals surface area contributed by atoms with E-state index in [1.165, 1.54) is 16.7 Å². The Morgan fingerprint density at radius 3 is 3.00 bits per heavy atom. The van der Waals surface area contributed by atoms with E-state index in [2.05, 4.69) is 10.3 Å². The minimum Gasteiger partial charge on any atom is -0.476 e. The summed E-state index contributed by atoms with van der Waals surface area (Å²) in [6.45, 7) is 2.85. The van der Waals surface area contributed by atoms with Crippen LogP contribution >= 0.6 is 11.3 Å². The molecule has 2 heterocycles. The van der Waals surface area contributed by atoms with Crippen molar-refractivity contribution >= 4 is 23.2 Å². The third kappa shape index (κ3) is 3.30. The average Bonchev–Trinajstić information content (AvgIpc) is 2.99. The lowest BCUT2D eigenvalue weighted by atomic mass is 10.0. The molecular formula is C12H16N2O4S. The number of carbonyl (C=O) groups excluding carboxylic acids is 1. The molecule has 1 amide bonds. The summed E-state index contributed by atoms with van der Waals surface area (Å²) >= 11 is 1.29. The molecule has 0 aromatic carbocycles. The number of aromatic carboxylic acids is 1. The third-order valence-electron chi connectivity index (χ3n) is 3.09. The smallest absolute Gasteiger partial charge is 0.355 e. The van der Waals surface area contributed by atoms with Crippen LogP contribution in [0.3, 0.4) is 0 Å². The number of amides is 1. The molecule has 1 unspecified atom stereocenters. The van der Waals surface area contributed by atoms with Gasteiger partial charge in [0.05, 0.1) is 5.01 Å². The van der Waals surface area contributed by atoms with Crippen LogP contribution in [-0.4, -0.2) is 40.7 Å². The topological polar surface area (TPSA) is 88.5 Å². The molecule has 1 aromatic heterocycles. The Kier molecular flexibility index (Phi) is 4.16. The van der Waals surface area contributed by atoms with Crippen LogP contribution in [0.15, 0.2) is 5.38 Å². The van der Waals surface area contributed by atoms with E-state index in [0.717, 1.165) is 12.8 Å². The molecule has 1 saturated heterocycles. The van der Waals surface area contributed by atoms with Gasteiger partial charge in [-0.2, -0.15) is 0 Å². The lowest BCUT2D eigenvalue weighted by Gasteiger charge is -2.21. The fourth-order valence-corrected chi connectivity index (χ4v) is 2.72. The average molecular weight is 284 g/mol. The molecule has 6 nitrogen and oxygen atoms in total. The van der Waals surface area contributed by atoms with Crippen molar-refractivity contribution < 1.29 is 19.4 Å². The predicted octanol–water partition coefficient (Wildman–Crippen LogP) is 1.07. The van der Waals surface area contributed by atoms with Gasteiger partial charge in [0.15, 0.2) is 5.69 Å². The van der Waals surface area contributed by atoms with Crippen molar-refractivity contribution in [3.63, 3.8) is 0 Å². The van der Waals surface area contributed by atoms with Gasteiger partial charge in [-0.1, -0.05) is 0 Å². The number of nitrogens with zero attached hydrogens (tertiary/aromatic N) is 1. The fraction of sp³-hybridized carbons (Fsp3) is 0.583. The Labute approximate surface area is 114 Å². The summed E-state index contributed by atoms with van der Waals surface area (Å²) in [6.07, 6.45) is 2.16. The summed E-state index contributed by atoms with van der Waals surface area (Å²) in [5.41, 5.74) is -0.660. The zero-order valence-corrected chi connectivity index (χ0v) is 11.5. The lowest BCUT2D eigenvalue weighted by molar-refractivity contribution is -0.139. The largest absolute Gasteiger partial charge is 0.476 e. The van der Waals surface area contributed by atoms with Crippen molar-refractivity contribution in [2.75, 3.05) is 13.2 Å². The number of thiazole rings is 1. The third-order valence-corrected chi connectivity index (χ3v) is 4.00. The van der Waals surface area contributed by atoms with Crippen molar-refractivity contribution in [1.82, 2.24) is 10.3 Å². The van der Waals surface area contributed by atoms with Crippen LogP contribution in [0.2, 0.25) is 0 Å². The molecule has 1 aliphatic heterocycles. The van der Waals surface area contributed by atoms with Crippen molar-refractivity contribution in [2.45, 2.75) is 31.8 Å². The van der Waals surface area contributed by atoms with E-state index in [1.807, 2.05) is 0 Å². The Balaban J connectivity index is 1.79. The van der Waals surface area contributed by atoms with Crippen molar-refractivity contribution in [3.8, 4) is 0 Å². The summed E-state index contributed by atoms with van der Waals surface area (Å²) in [6, 6.07) is 0. The molecule has 7 heteroatoms. The summed E-state index contributed by atoms with van der Waals surface area (Å²) in [5.74, 6) is -1.14. The quantitative estimate of drug-likeness (QED) is 0.844. The Morgan fingerprint density at radius 2 is 2.42 bits per heavy atom. The van der Waals surface area contributed by atoms with Gasteiger partial charge in [0.2, 0.25) is 0 Å². The van der Waals surface area contributed by atoms with Gasteiger partial charge < -0.3 is 15.2 Å². The van der Waals surface area contributed by atoms with Gasteiger partial charge in [-0.05, 0) is 19.8 Å². The monoisotopic (exact) mass is 284 g/mol. The first kappa shape index (κ1) is 14.0. The van der Waals surface area contributed by atoms with E-state index in [4.69, 9.17) is 9.84 Å². The van der Waals surface area contributed by atoms with E-state index >= 15 is 0 Å². The maximum Gasteiger partial charge on any atom is 0.355 e. The molecule has 1 aliphatic rings. The zero-order valence-electron chi connectivity index (χ0n) is 10.6. The normalized spacial score (nSPS) is 22.4. The highest BCUT2D eigenvalue weighted by Crippen LogP contribution is 2.24. The van der Waals surface area contributed by atoms with E-state index < -0.39 is 11.6 Å². The van der Waals surface area contributed by atoms with Crippen LogP contribution in [0, 0.1) is 0 Å². The number of ether oxygens (including phenoxy) is 1. The van der Waals surface area contributed by atoms with Gasteiger partial charge in [0.25, 0.3) is 5.91 Å². The number of rotatable bonds is 5. The van der Waals surface area contributed by atoms with E-state index in [-0.39, 0.29) is 11.6 Å². The zero-order chi connectivity index (χ0) is 13.9. The number of carboxylic acids is 1. The van der Waals surface area contributed by atoms with Crippen molar-refractivity contribution in [1.29, 1.82) is 0 Å². The van der Waals surface area contributed by atoms with Gasteiger partial charge in [-0.15, -0.1) is 11.3 Å². The SMILES string of the molecule is CC1(C(=O)NCCc2nc(C(=O)O)cs2)CCCO1. The second-order valence-electron chi connectivity index (χ2n) is 4.62. The molecule has 1 aromatic rings. The van der Waals surface area contributed by atoms with Crippen molar-refractivity contribution in [3.05, 3.63) is 16.1 Å². The standard InChI is InChI=1S/C12H16N2O4S/c1-12(4-2-6-18-12)11(17)13-5-3-9-14-8(7-19-9)10(15)16/h7H,2-6H2,1H3,(H,13,17)(H,15,16). The highest BCUT2D eigenvalue weighted by molar-refractivity contribution is 7.09. The molecule has 104 valence electrons. The number of aromatic nitrogens is 1. The van der Waals surface area contributed by atoms with E-state index in [0.29, 0.717) is 24.6 Å². The number of nitrogens with one attached hydrogen (secondary N) is 1. The minimum absolute atomic E-state index is 0.0532. The second-order valence-corrected chi connectivity index (χ2v) is 5.56. The van der Waals surface area contributed by atoms with Crippen LogP contribution in [-0.2, 0) is 16.0 Å².